The van der Waals surface area contributed by atoms with E-state index in [0.29, 0.717) is 5.76 Å². The number of ether oxygens (including phenoxy) is 1. The summed E-state index contributed by atoms with van der Waals surface area (Å²) < 4.78 is 37.4. The zero-order valence-electron chi connectivity index (χ0n) is 17.5. The maximum absolute atomic E-state index is 12.5. The number of thioether (sulfide) groups is 1. The number of nitro benzene ring substituents is 1. The van der Waals surface area contributed by atoms with Gasteiger partial charge in [-0.1, -0.05) is 12.1 Å². The Balaban J connectivity index is 1.60. The second-order valence-electron chi connectivity index (χ2n) is 6.70. The number of hydrogen-bond donors (Lipinski definition) is 2. The highest BCUT2D eigenvalue weighted by Crippen LogP contribution is 2.28. The van der Waals surface area contributed by atoms with E-state index < -0.39 is 33.1 Å². The third kappa shape index (κ3) is 6.81. The van der Waals surface area contributed by atoms with Crippen molar-refractivity contribution in [2.75, 3.05) is 18.1 Å². The second kappa shape index (κ2) is 11.0. The van der Waals surface area contributed by atoms with Crippen molar-refractivity contribution in [3.8, 4) is 0 Å². The van der Waals surface area contributed by atoms with E-state index in [1.807, 2.05) is 30.5 Å². The van der Waals surface area contributed by atoms with Crippen LogP contribution in [0.4, 0.5) is 11.4 Å². The summed E-state index contributed by atoms with van der Waals surface area (Å²) in [6, 6.07) is 14.2. The predicted molar refractivity (Wildman–Crippen MR) is 122 cm³/mol. The molecule has 3 rings (SSSR count). The lowest BCUT2D eigenvalue weighted by Crippen LogP contribution is -2.30. The van der Waals surface area contributed by atoms with Crippen molar-refractivity contribution in [2.24, 2.45) is 0 Å². The minimum absolute atomic E-state index is 0.00325. The van der Waals surface area contributed by atoms with Crippen molar-refractivity contribution < 1.29 is 27.3 Å². The molecule has 0 fully saturated rings. The Morgan fingerprint density at radius 1 is 1.18 bits per heavy atom. The highest BCUT2D eigenvalue weighted by Gasteiger charge is 2.22. The number of nitro groups is 1. The number of nitrogens with one attached hydrogen (secondary N) is 2. The number of carbonyl (C=O) groups excluding carboxylic acids is 1. The lowest BCUT2D eigenvalue weighted by Gasteiger charge is -2.10. The number of sulfonamides is 1. The van der Waals surface area contributed by atoms with Crippen molar-refractivity contribution in [1.29, 1.82) is 0 Å². The van der Waals surface area contributed by atoms with Crippen LogP contribution >= 0.6 is 11.8 Å². The Morgan fingerprint density at radius 3 is 2.58 bits per heavy atom. The van der Waals surface area contributed by atoms with Crippen LogP contribution in [0.1, 0.15) is 11.3 Å². The van der Waals surface area contributed by atoms with E-state index in [1.165, 1.54) is 18.4 Å². The van der Waals surface area contributed by atoms with Crippen molar-refractivity contribution in [3.63, 3.8) is 0 Å². The van der Waals surface area contributed by atoms with Crippen LogP contribution in [-0.2, 0) is 32.7 Å². The molecular formula is C21H21N3O7S2. The van der Waals surface area contributed by atoms with Crippen LogP contribution in [-0.4, -0.2) is 32.1 Å². The van der Waals surface area contributed by atoms with Crippen LogP contribution < -0.4 is 10.0 Å². The topological polar surface area (TPSA) is 141 Å². The number of furan rings is 1. The first-order chi connectivity index (χ1) is 15.8. The van der Waals surface area contributed by atoms with Gasteiger partial charge in [-0.15, -0.1) is 11.8 Å². The Morgan fingerprint density at radius 2 is 1.94 bits per heavy atom. The zero-order chi connectivity index (χ0) is 23.8. The Kier molecular flexibility index (Phi) is 8.09. The van der Waals surface area contributed by atoms with Crippen molar-refractivity contribution in [2.45, 2.75) is 22.9 Å². The quantitative estimate of drug-likeness (QED) is 0.178. The average molecular weight is 492 g/mol. The summed E-state index contributed by atoms with van der Waals surface area (Å²) in [6.45, 7) is -0.432. The van der Waals surface area contributed by atoms with E-state index in [0.717, 1.165) is 16.5 Å². The van der Waals surface area contributed by atoms with Gasteiger partial charge in [0, 0.05) is 11.0 Å². The number of esters is 1. The Labute approximate surface area is 194 Å². The molecular weight excluding hydrogens is 470 g/mol. The molecule has 0 saturated heterocycles. The lowest BCUT2D eigenvalue weighted by molar-refractivity contribution is -0.384. The van der Waals surface area contributed by atoms with Gasteiger partial charge in [-0.05, 0) is 48.2 Å². The zero-order valence-corrected chi connectivity index (χ0v) is 19.1. The molecule has 0 bridgehead atoms. The second-order valence-corrected chi connectivity index (χ2v) is 9.35. The summed E-state index contributed by atoms with van der Waals surface area (Å²) >= 11 is 1.58. The van der Waals surface area contributed by atoms with Gasteiger partial charge < -0.3 is 14.5 Å². The smallest absolute Gasteiger partial charge is 0.321 e. The Bertz CT molecular complexity index is 1210. The molecule has 0 atom stereocenters. The fourth-order valence-corrected chi connectivity index (χ4v) is 4.15. The van der Waals surface area contributed by atoms with E-state index in [4.69, 9.17) is 9.15 Å². The molecule has 174 valence electrons. The third-order valence-corrected chi connectivity index (χ3v) is 6.62. The van der Waals surface area contributed by atoms with Crippen molar-refractivity contribution >= 4 is 39.1 Å². The van der Waals surface area contributed by atoms with Crippen LogP contribution in [0.3, 0.4) is 0 Å². The summed E-state index contributed by atoms with van der Waals surface area (Å²) in [7, 11) is -4.18. The number of benzene rings is 2. The van der Waals surface area contributed by atoms with Gasteiger partial charge in [0.05, 0.1) is 22.6 Å². The van der Waals surface area contributed by atoms with Gasteiger partial charge in [0.25, 0.3) is 5.69 Å². The highest BCUT2D eigenvalue weighted by molar-refractivity contribution is 7.98. The van der Waals surface area contributed by atoms with Crippen molar-refractivity contribution in [3.05, 3.63) is 82.3 Å². The molecule has 0 spiro atoms. The van der Waals surface area contributed by atoms with Gasteiger partial charge in [0.15, 0.2) is 0 Å². The first-order valence-electron chi connectivity index (χ1n) is 9.61. The minimum Gasteiger partial charge on any atom is -0.467 e. The number of carbonyl (C=O) groups is 1. The molecule has 1 aromatic heterocycles. The molecule has 0 unspecified atom stereocenters. The normalized spacial score (nSPS) is 11.2. The van der Waals surface area contributed by atoms with E-state index in [1.54, 1.807) is 23.9 Å². The highest BCUT2D eigenvalue weighted by atomic mass is 32.2. The third-order valence-electron chi connectivity index (χ3n) is 4.47. The van der Waals surface area contributed by atoms with Gasteiger partial charge in [-0.3, -0.25) is 14.9 Å². The Hall–Kier alpha value is -3.35. The standard InChI is InChI=1S/C21H21N3O7S2/c1-32-17-6-4-15(5-7-17)14-31-21(25)13-23-33(28,29)18-8-9-19(20(11-18)24(26)27)22-12-16-3-2-10-30-16/h2-11,22-23H,12-14H2,1H3. The largest absolute Gasteiger partial charge is 0.467 e. The van der Waals surface area contributed by atoms with Crippen LogP contribution in [0.15, 0.2) is 75.1 Å². The average Bonchev–Trinajstić information content (AvgIpc) is 3.34. The summed E-state index contributed by atoms with van der Waals surface area (Å²) in [5, 5.41) is 14.3. The first-order valence-corrected chi connectivity index (χ1v) is 12.3. The summed E-state index contributed by atoms with van der Waals surface area (Å²) in [5.41, 5.74) is 0.459. The fraction of sp³-hybridized carbons (Fsp3) is 0.190. The molecule has 0 saturated carbocycles. The maximum atomic E-state index is 12.5. The van der Waals surface area contributed by atoms with E-state index >= 15 is 0 Å². The summed E-state index contributed by atoms with van der Waals surface area (Å²) in [6.07, 6.45) is 3.42. The molecule has 33 heavy (non-hydrogen) atoms. The molecule has 0 aliphatic carbocycles. The molecule has 0 amide bonds. The summed E-state index contributed by atoms with van der Waals surface area (Å²) in [4.78, 5) is 23.4. The van der Waals surface area contributed by atoms with Crippen LogP contribution in [0.25, 0.3) is 0 Å². The number of rotatable bonds is 11. The fourth-order valence-electron chi connectivity index (χ4n) is 2.75. The van der Waals surface area contributed by atoms with E-state index in [-0.39, 0.29) is 23.7 Å². The molecule has 2 N–H and O–H groups in total. The number of nitrogens with zero attached hydrogens (tertiary/aromatic N) is 1. The first kappa shape index (κ1) is 24.3. The minimum atomic E-state index is -4.18. The van der Waals surface area contributed by atoms with E-state index in [9.17, 15) is 23.3 Å². The van der Waals surface area contributed by atoms with Gasteiger partial charge in [0.2, 0.25) is 10.0 Å². The lowest BCUT2D eigenvalue weighted by atomic mass is 10.2. The number of anilines is 1. The molecule has 12 heteroatoms. The maximum Gasteiger partial charge on any atom is 0.321 e. The van der Waals surface area contributed by atoms with Crippen LogP contribution in [0, 0.1) is 10.1 Å². The SMILES string of the molecule is CSc1ccc(COC(=O)CNS(=O)(=O)c2ccc(NCc3ccco3)c([N+](=O)[O-])c2)cc1. The molecule has 0 radical (unpaired) electrons. The molecule has 3 aromatic rings. The predicted octanol–water partition coefficient (Wildman–Crippen LogP) is 3.54. The number of hydrogen-bond acceptors (Lipinski definition) is 9. The molecule has 0 aliphatic heterocycles. The molecule has 10 nitrogen and oxygen atoms in total. The monoisotopic (exact) mass is 491 g/mol. The van der Waals surface area contributed by atoms with Crippen LogP contribution in [0.5, 0.6) is 0 Å². The van der Waals surface area contributed by atoms with Gasteiger partial charge in [-0.25, -0.2) is 8.42 Å². The van der Waals surface area contributed by atoms with E-state index in [2.05, 4.69) is 10.0 Å². The molecule has 0 aliphatic rings. The summed E-state index contributed by atoms with van der Waals surface area (Å²) in [5.74, 6) is -0.222. The van der Waals surface area contributed by atoms with Gasteiger partial charge >= 0.3 is 5.97 Å². The molecule has 1 heterocycles. The van der Waals surface area contributed by atoms with Crippen LogP contribution in [0.2, 0.25) is 0 Å². The van der Waals surface area contributed by atoms with Gasteiger partial charge in [0.1, 0.15) is 24.6 Å². The van der Waals surface area contributed by atoms with Gasteiger partial charge in [-0.2, -0.15) is 4.72 Å². The molecule has 2 aromatic carbocycles. The van der Waals surface area contributed by atoms with Crippen molar-refractivity contribution in [1.82, 2.24) is 4.72 Å².